The predicted molar refractivity (Wildman–Crippen MR) is 106 cm³/mol. The molecule has 1 aliphatic carbocycles. The second kappa shape index (κ2) is 6.86. The van der Waals surface area contributed by atoms with Crippen molar-refractivity contribution in [3.8, 4) is 0 Å². The number of benzene rings is 2. The minimum atomic E-state index is -0.552. The van der Waals surface area contributed by atoms with Gasteiger partial charge in [0.15, 0.2) is 12.1 Å². The molecule has 6 heteroatoms. The number of nitrogens with zero attached hydrogens (tertiary/aromatic N) is 1. The molecule has 0 spiro atoms. The van der Waals surface area contributed by atoms with E-state index in [0.29, 0.717) is 22.0 Å². The van der Waals surface area contributed by atoms with E-state index in [0.717, 1.165) is 18.4 Å². The van der Waals surface area contributed by atoms with Crippen molar-refractivity contribution in [2.45, 2.75) is 37.4 Å². The minimum Gasteiger partial charge on any atom is -0.394 e. The van der Waals surface area contributed by atoms with Crippen molar-refractivity contribution >= 4 is 29.6 Å². The molecule has 0 saturated heterocycles. The Morgan fingerprint density at radius 1 is 1.12 bits per heavy atom. The van der Waals surface area contributed by atoms with Crippen LogP contribution in [0.1, 0.15) is 54.0 Å². The van der Waals surface area contributed by atoms with Gasteiger partial charge in [0.1, 0.15) is 0 Å². The minimum absolute atomic E-state index is 0.308. The van der Waals surface area contributed by atoms with Crippen molar-refractivity contribution in [3.63, 3.8) is 0 Å². The lowest BCUT2D eigenvalue weighted by Crippen LogP contribution is -2.33. The molecule has 26 heavy (non-hydrogen) atoms. The summed E-state index contributed by atoms with van der Waals surface area (Å²) in [5, 5.41) is 4.64. The molecule has 2 aromatic carbocycles. The molecule has 2 N–H and O–H groups in total. The Morgan fingerprint density at radius 3 is 2.65 bits per heavy atom. The van der Waals surface area contributed by atoms with Gasteiger partial charge >= 0.3 is 0 Å². The fourth-order valence-electron chi connectivity index (χ4n) is 3.95. The first-order valence-corrected chi connectivity index (χ1v) is 9.50. The highest BCUT2D eigenvalue weighted by Crippen LogP contribution is 2.43. The number of nitrogens with one attached hydrogen (secondary N) is 2. The Hall–Kier alpha value is -1.59. The van der Waals surface area contributed by atoms with Gasteiger partial charge in [0.2, 0.25) is 0 Å². The van der Waals surface area contributed by atoms with Gasteiger partial charge in [-0.1, -0.05) is 47.5 Å². The first-order valence-electron chi connectivity index (χ1n) is 8.75. The number of aliphatic imine (C=N–C) groups is 1. The lowest BCUT2D eigenvalue weighted by Gasteiger charge is -2.33. The zero-order valence-corrected chi connectivity index (χ0v) is 16.2. The first-order chi connectivity index (χ1) is 12.5. The van der Waals surface area contributed by atoms with E-state index in [4.69, 9.17) is 28.0 Å². The molecule has 0 bridgehead atoms. The van der Waals surface area contributed by atoms with Crippen LogP contribution in [0.15, 0.2) is 41.4 Å². The van der Waals surface area contributed by atoms with E-state index in [2.05, 4.69) is 40.1 Å². The van der Waals surface area contributed by atoms with Gasteiger partial charge in [-0.2, -0.15) is 0 Å². The van der Waals surface area contributed by atoms with Crippen LogP contribution in [-0.2, 0) is 10.5 Å². The average Bonchev–Trinajstić information content (AvgIpc) is 3.10. The number of hydrogen-bond donors (Lipinski definition) is 2. The third-order valence-corrected chi connectivity index (χ3v) is 6.20. The van der Waals surface area contributed by atoms with Crippen LogP contribution < -0.4 is 10.8 Å². The maximum Gasteiger partial charge on any atom is 0.198 e. The highest BCUT2D eigenvalue weighted by Gasteiger charge is 2.33. The number of hydrogen-bond acceptors (Lipinski definition) is 4. The van der Waals surface area contributed by atoms with Crippen molar-refractivity contribution in [1.82, 2.24) is 10.8 Å². The molecular formula is C20H21Cl2N3O. The Balaban J connectivity index is 1.78. The lowest BCUT2D eigenvalue weighted by molar-refractivity contribution is 0.134. The molecule has 0 aromatic heterocycles. The van der Waals surface area contributed by atoms with Gasteiger partial charge in [-0.25, -0.2) is 4.99 Å². The molecule has 4 rings (SSSR count). The van der Waals surface area contributed by atoms with Gasteiger partial charge in [-0.3, -0.25) is 0 Å². The SMILES string of the molecule is CN[C@H]1CCC(c2ccc(Cl)c(Cl)c2)c2ccc(C3(C)N=CON3)cc21. The molecule has 2 aromatic rings. The molecule has 0 radical (unpaired) electrons. The molecule has 2 unspecified atom stereocenters. The van der Waals surface area contributed by atoms with Gasteiger partial charge in [0.05, 0.1) is 10.0 Å². The number of rotatable bonds is 3. The molecule has 1 heterocycles. The van der Waals surface area contributed by atoms with Gasteiger partial charge in [-0.15, -0.1) is 5.48 Å². The summed E-state index contributed by atoms with van der Waals surface area (Å²) in [7, 11) is 2.01. The lowest BCUT2D eigenvalue weighted by atomic mass is 9.75. The second-order valence-corrected chi connectivity index (χ2v) is 7.83. The standard InChI is InChI=1S/C20H21Cl2N3O/c1-20(24-11-26-25-20)13-4-5-15-14(6-8-19(23-2)16(15)10-13)12-3-7-17(21)18(22)9-12/h3-5,7,9-11,14,19,23,25H,6,8H2,1-2H3/t14?,19-,20?/m0/s1. The van der Waals surface area contributed by atoms with Gasteiger partial charge in [0, 0.05) is 12.0 Å². The van der Waals surface area contributed by atoms with Crippen molar-refractivity contribution < 1.29 is 4.84 Å². The summed E-state index contributed by atoms with van der Waals surface area (Å²) in [5.41, 5.74) is 7.33. The fraction of sp³-hybridized carbons (Fsp3) is 0.350. The topological polar surface area (TPSA) is 45.7 Å². The molecule has 3 atom stereocenters. The largest absolute Gasteiger partial charge is 0.394 e. The smallest absolute Gasteiger partial charge is 0.198 e. The van der Waals surface area contributed by atoms with Crippen molar-refractivity contribution in [3.05, 3.63) is 68.7 Å². The van der Waals surface area contributed by atoms with E-state index in [1.807, 2.05) is 26.1 Å². The molecular weight excluding hydrogens is 369 g/mol. The van der Waals surface area contributed by atoms with Gasteiger partial charge in [0.25, 0.3) is 0 Å². The van der Waals surface area contributed by atoms with Crippen LogP contribution in [0.3, 0.4) is 0 Å². The molecule has 0 saturated carbocycles. The number of halogens is 2. The van der Waals surface area contributed by atoms with Crippen LogP contribution in [0, 0.1) is 0 Å². The van der Waals surface area contributed by atoms with Crippen LogP contribution in [0.5, 0.6) is 0 Å². The predicted octanol–water partition coefficient (Wildman–Crippen LogP) is 4.92. The monoisotopic (exact) mass is 389 g/mol. The van der Waals surface area contributed by atoms with E-state index < -0.39 is 5.66 Å². The Kier molecular flexibility index (Phi) is 4.70. The zero-order valence-electron chi connectivity index (χ0n) is 14.7. The quantitative estimate of drug-likeness (QED) is 0.783. The Labute approximate surface area is 163 Å². The molecule has 2 aliphatic rings. The number of fused-ring (bicyclic) bond motifs is 1. The summed E-state index contributed by atoms with van der Waals surface area (Å²) in [6, 6.07) is 12.8. The molecule has 0 amide bonds. The zero-order chi connectivity index (χ0) is 18.3. The maximum atomic E-state index is 6.26. The molecule has 136 valence electrons. The van der Waals surface area contributed by atoms with Crippen LogP contribution >= 0.6 is 23.2 Å². The summed E-state index contributed by atoms with van der Waals surface area (Å²) in [6.07, 6.45) is 3.57. The summed E-state index contributed by atoms with van der Waals surface area (Å²) >= 11 is 12.4. The summed E-state index contributed by atoms with van der Waals surface area (Å²) < 4.78 is 0. The highest BCUT2D eigenvalue weighted by atomic mass is 35.5. The molecule has 0 fully saturated rings. The summed E-state index contributed by atoms with van der Waals surface area (Å²) in [4.78, 5) is 9.57. The summed E-state index contributed by atoms with van der Waals surface area (Å²) in [6.45, 7) is 2.01. The van der Waals surface area contributed by atoms with Crippen molar-refractivity contribution in [2.24, 2.45) is 4.99 Å². The third-order valence-electron chi connectivity index (χ3n) is 5.46. The first kappa shape index (κ1) is 17.8. The average molecular weight is 390 g/mol. The van der Waals surface area contributed by atoms with Crippen LogP contribution in [0.25, 0.3) is 0 Å². The van der Waals surface area contributed by atoms with Crippen LogP contribution in [-0.4, -0.2) is 13.4 Å². The van der Waals surface area contributed by atoms with Crippen molar-refractivity contribution in [1.29, 1.82) is 0 Å². The van der Waals surface area contributed by atoms with Crippen molar-refractivity contribution in [2.75, 3.05) is 7.05 Å². The normalized spacial score (nSPS) is 27.2. The Bertz CT molecular complexity index is 870. The maximum absolute atomic E-state index is 6.26. The summed E-state index contributed by atoms with van der Waals surface area (Å²) in [5.74, 6) is 0.308. The van der Waals surface area contributed by atoms with E-state index in [1.54, 1.807) is 0 Å². The van der Waals surface area contributed by atoms with Crippen LogP contribution in [0.4, 0.5) is 0 Å². The highest BCUT2D eigenvalue weighted by molar-refractivity contribution is 6.42. The third kappa shape index (κ3) is 3.01. The van der Waals surface area contributed by atoms with E-state index >= 15 is 0 Å². The second-order valence-electron chi connectivity index (χ2n) is 7.02. The Morgan fingerprint density at radius 2 is 1.96 bits per heavy atom. The van der Waals surface area contributed by atoms with Crippen LogP contribution in [0.2, 0.25) is 10.0 Å². The number of hydroxylamine groups is 1. The van der Waals surface area contributed by atoms with E-state index in [9.17, 15) is 0 Å². The fourth-order valence-corrected chi connectivity index (χ4v) is 4.26. The van der Waals surface area contributed by atoms with E-state index in [-0.39, 0.29) is 0 Å². The molecule has 4 nitrogen and oxygen atoms in total. The van der Waals surface area contributed by atoms with Gasteiger partial charge < -0.3 is 10.2 Å². The molecule has 1 aliphatic heterocycles. The van der Waals surface area contributed by atoms with Gasteiger partial charge in [-0.05, 0) is 61.2 Å². The van der Waals surface area contributed by atoms with E-state index in [1.165, 1.54) is 23.1 Å².